The average Bonchev–Trinajstić information content (AvgIpc) is 2.90. The zero-order valence-electron chi connectivity index (χ0n) is 10.7. The third-order valence-corrected chi connectivity index (χ3v) is 2.72. The smallest absolute Gasteiger partial charge is 0.371 e. The number of aliphatic hydroxyl groups is 1. The lowest BCUT2D eigenvalue weighted by Crippen LogP contribution is -2.03. The standard InChI is InChI=1S/C15H11FO5/c16-11-3-1-9(2-4-11)5-12-6-10(8-21-12)13(17)7-14(18)15(19)20/h1-4,6-8,18H,5H2,(H,19,20). The van der Waals surface area contributed by atoms with Crippen LogP contribution in [0, 0.1) is 5.82 Å². The van der Waals surface area contributed by atoms with Crippen LogP contribution in [0.1, 0.15) is 21.7 Å². The summed E-state index contributed by atoms with van der Waals surface area (Å²) in [4.78, 5) is 22.1. The van der Waals surface area contributed by atoms with Gasteiger partial charge in [0.05, 0.1) is 5.56 Å². The summed E-state index contributed by atoms with van der Waals surface area (Å²) in [7, 11) is 0. The number of halogens is 1. The first-order valence-electron chi connectivity index (χ1n) is 5.96. The van der Waals surface area contributed by atoms with Crippen molar-refractivity contribution >= 4 is 11.8 Å². The van der Waals surface area contributed by atoms with Gasteiger partial charge in [0.2, 0.25) is 5.76 Å². The molecule has 2 aromatic rings. The lowest BCUT2D eigenvalue weighted by Gasteiger charge is -1.97. The number of aliphatic carboxylic acids is 1. The number of allylic oxidation sites excluding steroid dienone is 1. The predicted molar refractivity (Wildman–Crippen MR) is 70.6 cm³/mol. The average molecular weight is 290 g/mol. The third-order valence-electron chi connectivity index (χ3n) is 2.72. The minimum absolute atomic E-state index is 0.125. The van der Waals surface area contributed by atoms with Crippen molar-refractivity contribution < 1.29 is 28.6 Å². The van der Waals surface area contributed by atoms with Gasteiger partial charge in [0.15, 0.2) is 5.78 Å². The molecule has 0 unspecified atom stereocenters. The molecule has 0 aliphatic heterocycles. The van der Waals surface area contributed by atoms with Crippen molar-refractivity contribution in [3.8, 4) is 0 Å². The Hall–Kier alpha value is -2.89. The Labute approximate surface area is 118 Å². The second kappa shape index (κ2) is 6.04. The van der Waals surface area contributed by atoms with Gasteiger partial charge in [-0.2, -0.15) is 0 Å². The molecule has 2 rings (SSSR count). The van der Waals surface area contributed by atoms with E-state index < -0.39 is 17.5 Å². The summed E-state index contributed by atoms with van der Waals surface area (Å²) in [5.41, 5.74) is 0.925. The van der Waals surface area contributed by atoms with Gasteiger partial charge >= 0.3 is 5.97 Å². The number of hydrogen-bond acceptors (Lipinski definition) is 4. The molecule has 1 aromatic heterocycles. The molecule has 0 radical (unpaired) electrons. The Bertz CT molecular complexity index is 697. The molecule has 1 heterocycles. The van der Waals surface area contributed by atoms with E-state index in [0.29, 0.717) is 18.3 Å². The van der Waals surface area contributed by atoms with Crippen LogP contribution in [0.2, 0.25) is 0 Å². The van der Waals surface area contributed by atoms with Crippen LogP contribution < -0.4 is 0 Å². The summed E-state index contributed by atoms with van der Waals surface area (Å²) in [6.45, 7) is 0. The van der Waals surface area contributed by atoms with Crippen LogP contribution in [-0.4, -0.2) is 22.0 Å². The highest BCUT2D eigenvalue weighted by atomic mass is 19.1. The molecule has 0 bridgehead atoms. The summed E-state index contributed by atoms with van der Waals surface area (Å²) in [6.07, 6.45) is 2.14. The van der Waals surface area contributed by atoms with Crippen molar-refractivity contribution in [2.24, 2.45) is 0 Å². The van der Waals surface area contributed by atoms with Crippen molar-refractivity contribution in [3.05, 3.63) is 71.1 Å². The van der Waals surface area contributed by atoms with Gasteiger partial charge in [0, 0.05) is 12.5 Å². The lowest BCUT2D eigenvalue weighted by molar-refractivity contribution is -0.135. The van der Waals surface area contributed by atoms with E-state index in [1.807, 2.05) is 0 Å². The number of carboxylic acids is 1. The monoisotopic (exact) mass is 290 g/mol. The highest BCUT2D eigenvalue weighted by Gasteiger charge is 2.12. The number of aliphatic hydroxyl groups excluding tert-OH is 1. The van der Waals surface area contributed by atoms with Gasteiger partial charge < -0.3 is 14.6 Å². The largest absolute Gasteiger partial charge is 0.502 e. The molecule has 21 heavy (non-hydrogen) atoms. The van der Waals surface area contributed by atoms with Crippen molar-refractivity contribution in [2.75, 3.05) is 0 Å². The maximum absolute atomic E-state index is 12.8. The van der Waals surface area contributed by atoms with Crippen LogP contribution in [0.4, 0.5) is 4.39 Å². The summed E-state index contributed by atoms with van der Waals surface area (Å²) < 4.78 is 18.0. The predicted octanol–water partition coefficient (Wildman–Crippen LogP) is 2.72. The zero-order valence-corrected chi connectivity index (χ0v) is 10.7. The Kier molecular flexibility index (Phi) is 4.18. The van der Waals surface area contributed by atoms with Gasteiger partial charge in [0.1, 0.15) is 17.8 Å². The van der Waals surface area contributed by atoms with E-state index in [2.05, 4.69) is 0 Å². The summed E-state index contributed by atoms with van der Waals surface area (Å²) in [5.74, 6) is -3.18. The van der Waals surface area contributed by atoms with Crippen molar-refractivity contribution in [3.63, 3.8) is 0 Å². The SMILES string of the molecule is O=C(O)C(O)=CC(=O)c1coc(Cc2ccc(F)cc2)c1. The number of carboxylic acid groups (broad SMARTS) is 1. The first-order valence-corrected chi connectivity index (χ1v) is 5.96. The quantitative estimate of drug-likeness (QED) is 0.502. The molecule has 0 amide bonds. The second-order valence-corrected chi connectivity index (χ2v) is 4.30. The van der Waals surface area contributed by atoms with E-state index in [1.165, 1.54) is 24.5 Å². The van der Waals surface area contributed by atoms with E-state index in [0.717, 1.165) is 5.56 Å². The molecule has 0 aliphatic carbocycles. The normalized spacial score (nSPS) is 11.4. The molecular weight excluding hydrogens is 279 g/mol. The van der Waals surface area contributed by atoms with E-state index in [1.54, 1.807) is 12.1 Å². The zero-order chi connectivity index (χ0) is 15.4. The molecule has 2 N–H and O–H groups in total. The third kappa shape index (κ3) is 3.79. The fourth-order valence-electron chi connectivity index (χ4n) is 1.68. The summed E-state index contributed by atoms with van der Waals surface area (Å²) in [6, 6.07) is 7.26. The van der Waals surface area contributed by atoms with Crippen molar-refractivity contribution in [1.82, 2.24) is 0 Å². The number of ketones is 1. The van der Waals surface area contributed by atoms with Crippen LogP contribution in [0.5, 0.6) is 0 Å². The number of furan rings is 1. The van der Waals surface area contributed by atoms with E-state index >= 15 is 0 Å². The van der Waals surface area contributed by atoms with Gasteiger partial charge in [-0.1, -0.05) is 12.1 Å². The van der Waals surface area contributed by atoms with E-state index in [9.17, 15) is 14.0 Å². The number of rotatable bonds is 5. The molecule has 108 valence electrons. The lowest BCUT2D eigenvalue weighted by atomic mass is 10.1. The highest BCUT2D eigenvalue weighted by molar-refractivity contribution is 6.07. The number of hydrogen-bond donors (Lipinski definition) is 2. The topological polar surface area (TPSA) is 87.7 Å². The van der Waals surface area contributed by atoms with Crippen LogP contribution in [-0.2, 0) is 11.2 Å². The van der Waals surface area contributed by atoms with Gasteiger partial charge in [-0.3, -0.25) is 4.79 Å². The van der Waals surface area contributed by atoms with E-state index in [-0.39, 0.29) is 11.4 Å². The van der Waals surface area contributed by atoms with Crippen LogP contribution in [0.25, 0.3) is 0 Å². The Morgan fingerprint density at radius 1 is 1.19 bits per heavy atom. The molecule has 5 nitrogen and oxygen atoms in total. The second-order valence-electron chi connectivity index (χ2n) is 4.30. The van der Waals surface area contributed by atoms with Gasteiger partial charge in [0.25, 0.3) is 0 Å². The van der Waals surface area contributed by atoms with Crippen LogP contribution in [0.15, 0.2) is 52.8 Å². The maximum atomic E-state index is 12.8. The first-order chi connectivity index (χ1) is 9.95. The first kappa shape index (κ1) is 14.5. The van der Waals surface area contributed by atoms with Gasteiger partial charge in [-0.05, 0) is 23.8 Å². The minimum atomic E-state index is -1.58. The Morgan fingerprint density at radius 2 is 1.86 bits per heavy atom. The van der Waals surface area contributed by atoms with Gasteiger partial charge in [-0.25, -0.2) is 9.18 Å². The molecule has 0 aliphatic rings. The number of carbonyl (C=O) groups excluding carboxylic acids is 1. The van der Waals surface area contributed by atoms with Crippen LogP contribution in [0.3, 0.4) is 0 Å². The van der Waals surface area contributed by atoms with Crippen molar-refractivity contribution in [1.29, 1.82) is 0 Å². The minimum Gasteiger partial charge on any atom is -0.502 e. The molecule has 6 heteroatoms. The molecule has 0 saturated heterocycles. The molecule has 0 saturated carbocycles. The van der Waals surface area contributed by atoms with Crippen molar-refractivity contribution in [2.45, 2.75) is 6.42 Å². The van der Waals surface area contributed by atoms with Gasteiger partial charge in [-0.15, -0.1) is 0 Å². The Morgan fingerprint density at radius 3 is 2.48 bits per heavy atom. The van der Waals surface area contributed by atoms with E-state index in [4.69, 9.17) is 14.6 Å². The molecule has 0 spiro atoms. The molecule has 0 fully saturated rings. The molecular formula is C15H11FO5. The Balaban J connectivity index is 2.11. The maximum Gasteiger partial charge on any atom is 0.371 e. The summed E-state index contributed by atoms with van der Waals surface area (Å²) >= 11 is 0. The number of carbonyl (C=O) groups is 2. The fourth-order valence-corrected chi connectivity index (χ4v) is 1.68. The fraction of sp³-hybridized carbons (Fsp3) is 0.0667. The summed E-state index contributed by atoms with van der Waals surface area (Å²) in [5, 5.41) is 17.5. The number of benzene rings is 1. The van der Waals surface area contributed by atoms with Crippen LogP contribution >= 0.6 is 0 Å². The highest BCUT2D eigenvalue weighted by Crippen LogP contribution is 2.15. The molecule has 1 aromatic carbocycles. The molecule has 0 atom stereocenters.